The highest BCUT2D eigenvalue weighted by molar-refractivity contribution is 9.10. The molecule has 0 aliphatic heterocycles. The Bertz CT molecular complexity index is 766. The molecule has 0 fully saturated rings. The van der Waals surface area contributed by atoms with Crippen LogP contribution in [-0.2, 0) is 11.2 Å². The molecule has 2 aromatic carbocycles. The Labute approximate surface area is 153 Å². The molecule has 0 saturated heterocycles. The minimum Gasteiger partial charge on any atom is -0.302 e. The van der Waals surface area contributed by atoms with Crippen LogP contribution in [0.3, 0.4) is 0 Å². The van der Waals surface area contributed by atoms with Crippen LogP contribution in [0.1, 0.15) is 21.5 Å². The molecule has 0 bridgehead atoms. The molecule has 2 aromatic rings. The van der Waals surface area contributed by atoms with Crippen LogP contribution in [0.2, 0.25) is 0 Å². The van der Waals surface area contributed by atoms with Gasteiger partial charge < -0.3 is 5.32 Å². The number of aryl methyl sites for hydroxylation is 1. The number of hydrogen-bond acceptors (Lipinski definition) is 3. The van der Waals surface area contributed by atoms with E-state index in [0.717, 1.165) is 15.6 Å². The molecule has 3 N–H and O–H groups in total. The molecule has 0 atom stereocenters. The third-order valence-corrected chi connectivity index (χ3v) is 4.24. The fourth-order valence-electron chi connectivity index (χ4n) is 1.90. The first-order chi connectivity index (χ1) is 11.5. The number of halogens is 1. The number of carbonyl (C=O) groups is 2. The van der Waals surface area contributed by atoms with Gasteiger partial charge >= 0.3 is 0 Å². The van der Waals surface area contributed by atoms with Gasteiger partial charge in [-0.3, -0.25) is 20.4 Å². The summed E-state index contributed by atoms with van der Waals surface area (Å²) < 4.78 is 0.842. The minimum absolute atomic E-state index is 0.0375. The Morgan fingerprint density at radius 2 is 1.79 bits per heavy atom. The maximum atomic E-state index is 12.0. The first kappa shape index (κ1) is 18.1. The first-order valence-corrected chi connectivity index (χ1v) is 8.36. The molecule has 0 spiro atoms. The highest BCUT2D eigenvalue weighted by Gasteiger charge is 2.09. The molecule has 0 radical (unpaired) electrons. The van der Waals surface area contributed by atoms with Crippen LogP contribution in [0, 0.1) is 6.92 Å². The molecule has 0 aromatic heterocycles. The molecular weight excluding hydrogens is 390 g/mol. The number of amides is 2. The molecular formula is C17H16BrN3O2S. The van der Waals surface area contributed by atoms with Gasteiger partial charge in [0.25, 0.3) is 5.91 Å². The lowest BCUT2D eigenvalue weighted by molar-refractivity contribution is -0.119. The molecule has 0 unspecified atom stereocenters. The van der Waals surface area contributed by atoms with Gasteiger partial charge in [-0.25, -0.2) is 0 Å². The van der Waals surface area contributed by atoms with Crippen LogP contribution >= 0.6 is 28.1 Å². The number of carbonyl (C=O) groups excluding carboxylic acids is 2. The van der Waals surface area contributed by atoms with E-state index in [1.807, 2.05) is 43.3 Å². The zero-order valence-corrected chi connectivity index (χ0v) is 15.3. The van der Waals surface area contributed by atoms with Crippen molar-refractivity contribution in [3.63, 3.8) is 0 Å². The van der Waals surface area contributed by atoms with E-state index in [-0.39, 0.29) is 23.3 Å². The highest BCUT2D eigenvalue weighted by Crippen LogP contribution is 2.17. The van der Waals surface area contributed by atoms with Crippen molar-refractivity contribution in [3.05, 3.63) is 69.7 Å². The van der Waals surface area contributed by atoms with Gasteiger partial charge in [0.15, 0.2) is 5.11 Å². The van der Waals surface area contributed by atoms with Crippen molar-refractivity contribution in [3.8, 4) is 0 Å². The van der Waals surface area contributed by atoms with Gasteiger partial charge in [-0.15, -0.1) is 0 Å². The number of benzene rings is 2. The van der Waals surface area contributed by atoms with Crippen molar-refractivity contribution >= 4 is 45.1 Å². The van der Waals surface area contributed by atoms with Crippen LogP contribution in [0.15, 0.2) is 53.0 Å². The molecule has 5 nitrogen and oxygen atoms in total. The molecule has 0 heterocycles. The second-order valence-electron chi connectivity index (χ2n) is 5.08. The third kappa shape index (κ3) is 5.43. The van der Waals surface area contributed by atoms with Gasteiger partial charge in [0, 0.05) is 10.0 Å². The minimum atomic E-state index is -0.352. The maximum absolute atomic E-state index is 12.0. The molecule has 0 saturated carbocycles. The molecule has 0 aliphatic rings. The average molecular weight is 406 g/mol. The zero-order valence-electron chi connectivity index (χ0n) is 12.9. The van der Waals surface area contributed by atoms with Crippen molar-refractivity contribution in [2.75, 3.05) is 0 Å². The summed E-state index contributed by atoms with van der Waals surface area (Å²) in [6.45, 7) is 1.93. The Morgan fingerprint density at radius 3 is 2.46 bits per heavy atom. The van der Waals surface area contributed by atoms with E-state index >= 15 is 0 Å². The molecule has 2 rings (SSSR count). The van der Waals surface area contributed by atoms with E-state index in [1.165, 1.54) is 0 Å². The predicted octanol–water partition coefficient (Wildman–Crippen LogP) is 2.64. The van der Waals surface area contributed by atoms with E-state index in [1.54, 1.807) is 12.1 Å². The SMILES string of the molecule is Cc1ccc(C(=O)NNC(=S)NC(=O)Cc2ccccc2)cc1Br. The Hall–Kier alpha value is -2.25. The van der Waals surface area contributed by atoms with Crippen molar-refractivity contribution in [1.82, 2.24) is 16.2 Å². The lowest BCUT2D eigenvalue weighted by Crippen LogP contribution is -2.48. The summed E-state index contributed by atoms with van der Waals surface area (Å²) in [5.74, 6) is -0.610. The Morgan fingerprint density at radius 1 is 1.08 bits per heavy atom. The number of hydrazine groups is 1. The molecule has 124 valence electrons. The van der Waals surface area contributed by atoms with E-state index in [0.29, 0.717) is 5.56 Å². The van der Waals surface area contributed by atoms with Gasteiger partial charge in [-0.05, 0) is 42.4 Å². The fraction of sp³-hybridized carbons (Fsp3) is 0.118. The lowest BCUT2D eigenvalue weighted by Gasteiger charge is -2.11. The summed E-state index contributed by atoms with van der Waals surface area (Å²) in [7, 11) is 0. The fourth-order valence-corrected chi connectivity index (χ4v) is 2.45. The zero-order chi connectivity index (χ0) is 17.5. The summed E-state index contributed by atoms with van der Waals surface area (Å²) in [5.41, 5.74) is 7.35. The predicted molar refractivity (Wildman–Crippen MR) is 100 cm³/mol. The average Bonchev–Trinajstić information content (AvgIpc) is 2.56. The standard InChI is InChI=1S/C17H16BrN3O2S/c1-11-7-8-13(10-14(11)18)16(23)20-21-17(24)19-15(22)9-12-5-3-2-4-6-12/h2-8,10H,9H2,1H3,(H,20,23)(H2,19,21,22,24). The molecule has 7 heteroatoms. The normalized spacial score (nSPS) is 9.92. The maximum Gasteiger partial charge on any atom is 0.269 e. The number of hydrogen-bond donors (Lipinski definition) is 3. The topological polar surface area (TPSA) is 70.2 Å². The first-order valence-electron chi connectivity index (χ1n) is 7.16. The van der Waals surface area contributed by atoms with Crippen LogP contribution in [0.25, 0.3) is 0 Å². The summed E-state index contributed by atoms with van der Waals surface area (Å²) in [4.78, 5) is 23.9. The van der Waals surface area contributed by atoms with Crippen molar-refractivity contribution in [1.29, 1.82) is 0 Å². The number of nitrogens with one attached hydrogen (secondary N) is 3. The van der Waals surface area contributed by atoms with Crippen molar-refractivity contribution in [2.45, 2.75) is 13.3 Å². The summed E-state index contributed by atoms with van der Waals surface area (Å²) >= 11 is 8.37. The largest absolute Gasteiger partial charge is 0.302 e. The van der Waals surface area contributed by atoms with Crippen molar-refractivity contribution in [2.24, 2.45) is 0 Å². The van der Waals surface area contributed by atoms with Gasteiger partial charge in [-0.2, -0.15) is 0 Å². The quantitative estimate of drug-likeness (QED) is 0.542. The van der Waals surface area contributed by atoms with Gasteiger partial charge in [0.05, 0.1) is 6.42 Å². The second-order valence-corrected chi connectivity index (χ2v) is 6.35. The molecule has 24 heavy (non-hydrogen) atoms. The Balaban J connectivity index is 1.81. The molecule has 0 aliphatic carbocycles. The highest BCUT2D eigenvalue weighted by atomic mass is 79.9. The third-order valence-electron chi connectivity index (χ3n) is 3.18. The van der Waals surface area contributed by atoms with E-state index < -0.39 is 0 Å². The van der Waals surface area contributed by atoms with Crippen LogP contribution < -0.4 is 16.2 Å². The summed E-state index contributed by atoms with van der Waals surface area (Å²) in [6, 6.07) is 14.6. The van der Waals surface area contributed by atoms with E-state index in [2.05, 4.69) is 32.1 Å². The lowest BCUT2D eigenvalue weighted by atomic mass is 10.1. The van der Waals surface area contributed by atoms with Gasteiger partial charge in [-0.1, -0.05) is 52.3 Å². The van der Waals surface area contributed by atoms with Crippen LogP contribution in [-0.4, -0.2) is 16.9 Å². The monoisotopic (exact) mass is 405 g/mol. The van der Waals surface area contributed by atoms with Crippen LogP contribution in [0.4, 0.5) is 0 Å². The summed E-state index contributed by atoms with van der Waals surface area (Å²) in [6.07, 6.45) is 0.210. The number of rotatable bonds is 3. The van der Waals surface area contributed by atoms with Gasteiger partial charge in [0.2, 0.25) is 5.91 Å². The van der Waals surface area contributed by atoms with E-state index in [9.17, 15) is 9.59 Å². The molecule has 2 amide bonds. The number of thiocarbonyl (C=S) groups is 1. The summed E-state index contributed by atoms with van der Waals surface area (Å²) in [5, 5.41) is 2.55. The Kier molecular flexibility index (Phi) is 6.45. The van der Waals surface area contributed by atoms with E-state index in [4.69, 9.17) is 12.2 Å². The van der Waals surface area contributed by atoms with Crippen LogP contribution in [0.5, 0.6) is 0 Å². The van der Waals surface area contributed by atoms with Crippen molar-refractivity contribution < 1.29 is 9.59 Å². The second kappa shape index (κ2) is 8.56. The smallest absolute Gasteiger partial charge is 0.269 e. The van der Waals surface area contributed by atoms with Gasteiger partial charge in [0.1, 0.15) is 0 Å².